The Hall–Kier alpha value is -2.85. The Bertz CT molecular complexity index is 903. The van der Waals surface area contributed by atoms with E-state index in [2.05, 4.69) is 33.7 Å². The fourth-order valence-corrected chi connectivity index (χ4v) is 2.43. The predicted molar refractivity (Wildman–Crippen MR) is 95.7 cm³/mol. The number of rotatable bonds is 6. The first kappa shape index (κ1) is 17.0. The summed E-state index contributed by atoms with van der Waals surface area (Å²) in [6, 6.07) is 3.58. The molecule has 0 unspecified atom stereocenters. The van der Waals surface area contributed by atoms with Crippen molar-refractivity contribution in [2.24, 2.45) is 0 Å². The van der Waals surface area contributed by atoms with E-state index in [9.17, 15) is 0 Å². The molecule has 3 heterocycles. The van der Waals surface area contributed by atoms with E-state index in [0.29, 0.717) is 47.5 Å². The lowest BCUT2D eigenvalue weighted by molar-refractivity contribution is 0.188. The number of unbranched alkanes of at least 4 members (excludes halogenated alkanes) is 2. The van der Waals surface area contributed by atoms with Crippen LogP contribution in [0.15, 0.2) is 22.8 Å². The van der Waals surface area contributed by atoms with Crippen LogP contribution >= 0.6 is 0 Å². The lowest BCUT2D eigenvalue weighted by atomic mass is 10.2. The number of anilines is 1. The molecule has 3 rings (SSSR count). The van der Waals surface area contributed by atoms with Gasteiger partial charge in [0.25, 0.3) is 0 Å². The lowest BCUT2D eigenvalue weighted by Gasteiger charge is -2.05. The van der Waals surface area contributed by atoms with Crippen molar-refractivity contribution in [3.05, 3.63) is 24.2 Å². The summed E-state index contributed by atoms with van der Waals surface area (Å²) in [5.41, 5.74) is 7.28. The van der Waals surface area contributed by atoms with Crippen LogP contribution in [0.3, 0.4) is 0 Å². The van der Waals surface area contributed by atoms with Crippen molar-refractivity contribution < 1.29 is 9.15 Å². The SMILES string of the molecule is CCCCC#Cc1nc2c(N)nc(-c3ccco3)nc2n1CCOC. The zero-order valence-electron chi connectivity index (χ0n) is 14.5. The van der Waals surface area contributed by atoms with E-state index >= 15 is 0 Å². The van der Waals surface area contributed by atoms with E-state index in [0.717, 1.165) is 19.3 Å². The molecule has 3 aromatic heterocycles. The number of ether oxygens (including phenoxy) is 1. The van der Waals surface area contributed by atoms with Crippen LogP contribution in [0.4, 0.5) is 5.82 Å². The van der Waals surface area contributed by atoms with Crippen LogP contribution in [-0.2, 0) is 11.3 Å². The van der Waals surface area contributed by atoms with Gasteiger partial charge < -0.3 is 14.9 Å². The highest BCUT2D eigenvalue weighted by atomic mass is 16.5. The third kappa shape index (κ3) is 3.64. The van der Waals surface area contributed by atoms with Gasteiger partial charge in [-0.25, -0.2) is 15.0 Å². The van der Waals surface area contributed by atoms with Crippen LogP contribution in [0, 0.1) is 11.8 Å². The number of aromatic nitrogens is 4. The van der Waals surface area contributed by atoms with Crippen molar-refractivity contribution in [1.29, 1.82) is 0 Å². The Morgan fingerprint density at radius 1 is 1.32 bits per heavy atom. The molecule has 0 saturated heterocycles. The predicted octanol–water partition coefficient (Wildman–Crippen LogP) is 2.86. The van der Waals surface area contributed by atoms with Crippen molar-refractivity contribution in [2.75, 3.05) is 19.5 Å². The number of furan rings is 1. The van der Waals surface area contributed by atoms with E-state index < -0.39 is 0 Å². The molecule has 7 heteroatoms. The van der Waals surface area contributed by atoms with Gasteiger partial charge in [-0.2, -0.15) is 0 Å². The molecule has 7 nitrogen and oxygen atoms in total. The van der Waals surface area contributed by atoms with Gasteiger partial charge in [0.05, 0.1) is 19.4 Å². The van der Waals surface area contributed by atoms with Gasteiger partial charge >= 0.3 is 0 Å². The molecule has 130 valence electrons. The smallest absolute Gasteiger partial charge is 0.199 e. The van der Waals surface area contributed by atoms with Gasteiger partial charge in [-0.15, -0.1) is 0 Å². The van der Waals surface area contributed by atoms with Crippen LogP contribution in [-0.4, -0.2) is 33.2 Å². The molecule has 0 spiro atoms. The zero-order valence-corrected chi connectivity index (χ0v) is 14.5. The summed E-state index contributed by atoms with van der Waals surface area (Å²) in [5, 5.41) is 0. The summed E-state index contributed by atoms with van der Waals surface area (Å²) < 4.78 is 12.5. The van der Waals surface area contributed by atoms with Crippen molar-refractivity contribution in [2.45, 2.75) is 32.7 Å². The molecule has 0 radical (unpaired) electrons. The maximum atomic E-state index is 6.10. The summed E-state index contributed by atoms with van der Waals surface area (Å²) in [7, 11) is 1.66. The van der Waals surface area contributed by atoms with Gasteiger partial charge in [0.1, 0.15) is 0 Å². The average molecular weight is 339 g/mol. The summed E-state index contributed by atoms with van der Waals surface area (Å²) in [6.07, 6.45) is 4.59. The molecule has 0 saturated carbocycles. The Balaban J connectivity index is 2.09. The number of hydrogen-bond donors (Lipinski definition) is 1. The Kier molecular flexibility index (Phi) is 5.31. The molecule has 0 atom stereocenters. The average Bonchev–Trinajstić information content (AvgIpc) is 3.25. The Morgan fingerprint density at radius 2 is 2.20 bits per heavy atom. The minimum atomic E-state index is 0.309. The second kappa shape index (κ2) is 7.81. The fourth-order valence-electron chi connectivity index (χ4n) is 2.43. The maximum Gasteiger partial charge on any atom is 0.199 e. The topological polar surface area (TPSA) is 92.0 Å². The van der Waals surface area contributed by atoms with Crippen molar-refractivity contribution >= 4 is 17.0 Å². The van der Waals surface area contributed by atoms with Crippen LogP contribution in [0.25, 0.3) is 22.7 Å². The van der Waals surface area contributed by atoms with Crippen molar-refractivity contribution in [3.63, 3.8) is 0 Å². The molecular weight excluding hydrogens is 318 g/mol. The highest BCUT2D eigenvalue weighted by Crippen LogP contribution is 2.24. The summed E-state index contributed by atoms with van der Waals surface area (Å²) in [6.45, 7) is 3.25. The first-order valence-electron chi connectivity index (χ1n) is 8.30. The number of nitrogens with two attached hydrogens (primary N) is 1. The first-order chi connectivity index (χ1) is 12.2. The number of nitrogen functional groups attached to an aromatic ring is 1. The highest BCUT2D eigenvalue weighted by molar-refractivity contribution is 5.84. The molecule has 0 bridgehead atoms. The highest BCUT2D eigenvalue weighted by Gasteiger charge is 2.17. The van der Waals surface area contributed by atoms with Crippen LogP contribution < -0.4 is 5.73 Å². The number of imidazole rings is 1. The van der Waals surface area contributed by atoms with Crippen molar-refractivity contribution in [3.8, 4) is 23.4 Å². The second-order valence-corrected chi connectivity index (χ2v) is 5.57. The van der Waals surface area contributed by atoms with Crippen LogP contribution in [0.2, 0.25) is 0 Å². The van der Waals surface area contributed by atoms with Gasteiger partial charge in [-0.05, 0) is 24.5 Å². The second-order valence-electron chi connectivity index (χ2n) is 5.57. The standard InChI is InChI=1S/C18H21N5O2/c1-3-4-5-6-9-14-20-15-16(19)21-17(13-8-7-11-25-13)22-18(15)23(14)10-12-24-2/h7-8,11H,3-5,10,12H2,1-2H3,(H2,19,21,22). The summed E-state index contributed by atoms with van der Waals surface area (Å²) in [5.74, 6) is 8.21. The molecule has 0 fully saturated rings. The van der Waals surface area contributed by atoms with E-state index in [1.54, 1.807) is 25.5 Å². The summed E-state index contributed by atoms with van der Waals surface area (Å²) >= 11 is 0. The van der Waals surface area contributed by atoms with Gasteiger partial charge in [-0.1, -0.05) is 19.3 Å². The minimum Gasteiger partial charge on any atom is -0.461 e. The molecule has 0 aromatic carbocycles. The number of nitrogens with zero attached hydrogens (tertiary/aromatic N) is 4. The van der Waals surface area contributed by atoms with E-state index in [1.807, 2.05) is 4.57 Å². The molecule has 0 amide bonds. The van der Waals surface area contributed by atoms with Gasteiger partial charge in [-0.3, -0.25) is 4.57 Å². The van der Waals surface area contributed by atoms with E-state index in [1.165, 1.54) is 0 Å². The number of methoxy groups -OCH3 is 1. The molecule has 2 N–H and O–H groups in total. The van der Waals surface area contributed by atoms with Crippen LogP contribution in [0.5, 0.6) is 0 Å². The van der Waals surface area contributed by atoms with E-state index in [4.69, 9.17) is 14.9 Å². The van der Waals surface area contributed by atoms with Gasteiger partial charge in [0, 0.05) is 13.5 Å². The first-order valence-corrected chi connectivity index (χ1v) is 8.30. The third-order valence-electron chi connectivity index (χ3n) is 3.74. The minimum absolute atomic E-state index is 0.309. The number of fused-ring (bicyclic) bond motifs is 1. The summed E-state index contributed by atoms with van der Waals surface area (Å²) in [4.78, 5) is 13.4. The number of hydrogen-bond acceptors (Lipinski definition) is 6. The molecule has 25 heavy (non-hydrogen) atoms. The third-order valence-corrected chi connectivity index (χ3v) is 3.74. The van der Waals surface area contributed by atoms with Gasteiger partial charge in [0.2, 0.25) is 0 Å². The molecule has 0 aliphatic carbocycles. The molecule has 0 aliphatic rings. The maximum absolute atomic E-state index is 6.10. The molecule has 0 aliphatic heterocycles. The largest absolute Gasteiger partial charge is 0.461 e. The Morgan fingerprint density at radius 3 is 2.92 bits per heavy atom. The van der Waals surface area contributed by atoms with Crippen molar-refractivity contribution in [1.82, 2.24) is 19.5 Å². The monoisotopic (exact) mass is 339 g/mol. The quantitative estimate of drug-likeness (QED) is 0.548. The fraction of sp³-hybridized carbons (Fsp3) is 0.389. The molecule has 3 aromatic rings. The lowest BCUT2D eigenvalue weighted by Crippen LogP contribution is -2.08. The normalized spacial score (nSPS) is 10.8. The zero-order chi connectivity index (χ0) is 17.6. The Labute approximate surface area is 146 Å². The van der Waals surface area contributed by atoms with E-state index in [-0.39, 0.29) is 0 Å². The molecular formula is C18H21N5O2. The van der Waals surface area contributed by atoms with Gasteiger partial charge in [0.15, 0.2) is 34.4 Å². The van der Waals surface area contributed by atoms with Crippen LogP contribution in [0.1, 0.15) is 32.0 Å².